The Morgan fingerprint density at radius 3 is 2.42 bits per heavy atom. The van der Waals surface area contributed by atoms with Crippen molar-refractivity contribution in [2.24, 2.45) is 0 Å². The Balaban J connectivity index is 1.54. The molecule has 0 spiro atoms. The fourth-order valence-electron chi connectivity index (χ4n) is 3.26. The number of benzene rings is 1. The summed E-state index contributed by atoms with van der Waals surface area (Å²) < 4.78 is 0. The number of likely N-dealkylation sites (N-methyl/N-ethyl adjacent to an activating group) is 1. The van der Waals surface area contributed by atoms with Gasteiger partial charge in [-0.15, -0.1) is 0 Å². The molecular weight excluding hydrogens is 256 g/mol. The highest BCUT2D eigenvalue weighted by molar-refractivity contribution is 6.30. The number of fused-ring (bicyclic) bond motifs is 2. The van der Waals surface area contributed by atoms with Crippen LogP contribution in [-0.2, 0) is 0 Å². The largest absolute Gasteiger partial charge is 0.298 e. The van der Waals surface area contributed by atoms with Crippen LogP contribution in [0.2, 0.25) is 5.02 Å². The average molecular weight is 277 g/mol. The van der Waals surface area contributed by atoms with Crippen molar-refractivity contribution in [3.8, 4) is 0 Å². The molecule has 2 nitrogen and oxygen atoms in total. The minimum absolute atomic E-state index is 0.780. The summed E-state index contributed by atoms with van der Waals surface area (Å²) in [6, 6.07) is 9.57. The van der Waals surface area contributed by atoms with Gasteiger partial charge in [-0.1, -0.05) is 35.9 Å². The number of rotatable bonds is 3. The van der Waals surface area contributed by atoms with Crippen LogP contribution in [0, 0.1) is 0 Å². The van der Waals surface area contributed by atoms with Gasteiger partial charge in [0.05, 0.1) is 0 Å². The van der Waals surface area contributed by atoms with Gasteiger partial charge in [0.2, 0.25) is 0 Å². The molecule has 2 fully saturated rings. The molecule has 3 heteroatoms. The van der Waals surface area contributed by atoms with Crippen molar-refractivity contribution in [1.29, 1.82) is 0 Å². The lowest BCUT2D eigenvalue weighted by Gasteiger charge is -2.38. The smallest absolute Gasteiger partial charge is 0.0406 e. The normalized spacial score (nSPS) is 28.3. The Labute approximate surface area is 120 Å². The van der Waals surface area contributed by atoms with Gasteiger partial charge in [-0.05, 0) is 37.6 Å². The molecule has 0 aromatic heterocycles. The molecule has 2 unspecified atom stereocenters. The third kappa shape index (κ3) is 3.02. The monoisotopic (exact) mass is 276 g/mol. The van der Waals surface area contributed by atoms with E-state index in [9.17, 15) is 0 Å². The topological polar surface area (TPSA) is 6.48 Å². The summed E-state index contributed by atoms with van der Waals surface area (Å²) in [4.78, 5) is 5.15. The highest BCUT2D eigenvalue weighted by Gasteiger charge is 2.36. The molecule has 2 atom stereocenters. The van der Waals surface area contributed by atoms with E-state index in [-0.39, 0.29) is 0 Å². The van der Waals surface area contributed by atoms with E-state index in [1.165, 1.54) is 31.5 Å². The fourth-order valence-corrected chi connectivity index (χ4v) is 3.39. The lowest BCUT2D eigenvalue weighted by atomic mass is 10.2. The molecule has 0 N–H and O–H groups in total. The van der Waals surface area contributed by atoms with Crippen LogP contribution in [0.1, 0.15) is 18.4 Å². The minimum atomic E-state index is 0.780. The van der Waals surface area contributed by atoms with Crippen molar-refractivity contribution in [2.45, 2.75) is 24.9 Å². The van der Waals surface area contributed by atoms with Gasteiger partial charge in [-0.25, -0.2) is 0 Å². The van der Waals surface area contributed by atoms with Crippen LogP contribution in [0.4, 0.5) is 0 Å². The first-order valence-corrected chi connectivity index (χ1v) is 7.46. The first-order valence-electron chi connectivity index (χ1n) is 7.09. The molecule has 3 rings (SSSR count). The van der Waals surface area contributed by atoms with E-state index < -0.39 is 0 Å². The molecule has 1 aromatic carbocycles. The summed E-state index contributed by atoms with van der Waals surface area (Å²) >= 11 is 5.88. The zero-order valence-electron chi connectivity index (χ0n) is 11.4. The van der Waals surface area contributed by atoms with Gasteiger partial charge in [-0.2, -0.15) is 0 Å². The van der Waals surface area contributed by atoms with Gasteiger partial charge in [0.15, 0.2) is 0 Å². The zero-order chi connectivity index (χ0) is 13.2. The molecular formula is C16H21ClN2. The maximum atomic E-state index is 5.88. The third-order valence-corrected chi connectivity index (χ3v) is 4.72. The molecule has 102 valence electrons. The number of likely N-dealkylation sites (tertiary alicyclic amines) is 1. The highest BCUT2D eigenvalue weighted by atomic mass is 35.5. The number of halogens is 1. The van der Waals surface area contributed by atoms with Crippen molar-refractivity contribution in [3.63, 3.8) is 0 Å². The summed E-state index contributed by atoms with van der Waals surface area (Å²) in [5.41, 5.74) is 1.22. The van der Waals surface area contributed by atoms with Crippen LogP contribution in [0.3, 0.4) is 0 Å². The van der Waals surface area contributed by atoms with E-state index in [0.29, 0.717) is 0 Å². The SMILES string of the molecule is CN1C2CCC1CN(C/C=C/c1ccc(Cl)cc1)C2. The molecule has 2 heterocycles. The quantitative estimate of drug-likeness (QED) is 0.837. The van der Waals surface area contributed by atoms with Gasteiger partial charge in [0, 0.05) is 36.7 Å². The van der Waals surface area contributed by atoms with Crippen LogP contribution in [-0.4, -0.2) is 48.6 Å². The maximum Gasteiger partial charge on any atom is 0.0406 e. The molecule has 19 heavy (non-hydrogen) atoms. The second-order valence-corrected chi connectivity index (χ2v) is 6.16. The van der Waals surface area contributed by atoms with E-state index >= 15 is 0 Å². The van der Waals surface area contributed by atoms with Gasteiger partial charge in [0.1, 0.15) is 0 Å². The van der Waals surface area contributed by atoms with Crippen LogP contribution >= 0.6 is 11.6 Å². The molecule has 0 aliphatic carbocycles. The predicted molar refractivity (Wildman–Crippen MR) is 81.5 cm³/mol. The van der Waals surface area contributed by atoms with Crippen molar-refractivity contribution in [2.75, 3.05) is 26.7 Å². The molecule has 2 saturated heterocycles. The Morgan fingerprint density at radius 1 is 1.16 bits per heavy atom. The maximum absolute atomic E-state index is 5.88. The summed E-state index contributed by atoms with van der Waals surface area (Å²) in [5, 5.41) is 0.799. The summed E-state index contributed by atoms with van der Waals surface area (Å²) in [7, 11) is 2.28. The first-order chi connectivity index (χ1) is 9.22. The molecule has 0 radical (unpaired) electrons. The van der Waals surface area contributed by atoms with Crippen LogP contribution < -0.4 is 0 Å². The van der Waals surface area contributed by atoms with Crippen molar-refractivity contribution in [3.05, 3.63) is 40.9 Å². The molecule has 0 saturated carbocycles. The van der Waals surface area contributed by atoms with E-state index in [1.54, 1.807) is 0 Å². The Hall–Kier alpha value is -0.830. The molecule has 1 aromatic rings. The molecule has 2 aliphatic rings. The van der Waals surface area contributed by atoms with Gasteiger partial charge in [-0.3, -0.25) is 9.80 Å². The number of hydrogen-bond donors (Lipinski definition) is 0. The van der Waals surface area contributed by atoms with E-state index in [4.69, 9.17) is 11.6 Å². The number of piperazine rings is 1. The summed E-state index contributed by atoms with van der Waals surface area (Å²) in [5.74, 6) is 0. The van der Waals surface area contributed by atoms with Crippen LogP contribution in [0.5, 0.6) is 0 Å². The lowest BCUT2D eigenvalue weighted by molar-refractivity contribution is 0.0973. The fraction of sp³-hybridized carbons (Fsp3) is 0.500. The van der Waals surface area contributed by atoms with Crippen LogP contribution in [0.15, 0.2) is 30.3 Å². The molecule has 0 amide bonds. The second-order valence-electron chi connectivity index (χ2n) is 5.72. The van der Waals surface area contributed by atoms with E-state index in [1.807, 2.05) is 12.1 Å². The lowest BCUT2D eigenvalue weighted by Crippen LogP contribution is -2.51. The predicted octanol–water partition coefficient (Wildman–Crippen LogP) is 3.13. The highest BCUT2D eigenvalue weighted by Crippen LogP contribution is 2.28. The van der Waals surface area contributed by atoms with E-state index in [2.05, 4.69) is 41.1 Å². The Bertz CT molecular complexity index is 440. The number of nitrogens with zero attached hydrogens (tertiary/aromatic N) is 2. The average Bonchev–Trinajstić information content (AvgIpc) is 2.64. The zero-order valence-corrected chi connectivity index (χ0v) is 12.2. The number of hydrogen-bond acceptors (Lipinski definition) is 2. The first kappa shape index (κ1) is 13.2. The van der Waals surface area contributed by atoms with Crippen LogP contribution in [0.25, 0.3) is 6.08 Å². The second kappa shape index (κ2) is 5.66. The summed E-state index contributed by atoms with van der Waals surface area (Å²) in [6.07, 6.45) is 7.21. The Morgan fingerprint density at radius 2 is 1.79 bits per heavy atom. The van der Waals surface area contributed by atoms with Gasteiger partial charge in [0.25, 0.3) is 0 Å². The molecule has 2 aliphatic heterocycles. The standard InChI is InChI=1S/C16H21ClN2/c1-18-15-8-9-16(18)12-19(11-15)10-2-3-13-4-6-14(17)7-5-13/h2-7,15-16H,8-12H2,1H3/b3-2+. The summed E-state index contributed by atoms with van der Waals surface area (Å²) in [6.45, 7) is 3.50. The minimum Gasteiger partial charge on any atom is -0.298 e. The van der Waals surface area contributed by atoms with Gasteiger partial charge < -0.3 is 0 Å². The van der Waals surface area contributed by atoms with Crippen molar-refractivity contribution < 1.29 is 0 Å². The molecule has 2 bridgehead atoms. The van der Waals surface area contributed by atoms with Crippen molar-refractivity contribution in [1.82, 2.24) is 9.80 Å². The van der Waals surface area contributed by atoms with Crippen molar-refractivity contribution >= 4 is 17.7 Å². The van der Waals surface area contributed by atoms with Gasteiger partial charge >= 0.3 is 0 Å². The van der Waals surface area contributed by atoms with E-state index in [0.717, 1.165) is 23.7 Å². The third-order valence-electron chi connectivity index (χ3n) is 4.47. The Kier molecular flexibility index (Phi) is 3.92.